The average molecular weight is 410 g/mol. The number of benzene rings is 2. The lowest BCUT2D eigenvalue weighted by atomic mass is 10.2. The van der Waals surface area contributed by atoms with Crippen molar-refractivity contribution in [2.45, 2.75) is 52.9 Å². The quantitative estimate of drug-likeness (QED) is 0.438. The van der Waals surface area contributed by atoms with Gasteiger partial charge in [0.15, 0.2) is 5.11 Å². The molecule has 29 heavy (non-hydrogen) atoms. The lowest BCUT2D eigenvalue weighted by Gasteiger charge is -2.11. The number of carbonyl (C=O) groups is 1. The Morgan fingerprint density at radius 3 is 2.41 bits per heavy atom. The standard InChI is InChI=1S/C22H27N5OS/c1-4-6-7-8-21(28)24-22(29)23-18-14-20-19(13-15(18)3)25-27(26-20)17-11-9-16(5-2)10-12-17/h9-14H,4-8H2,1-3H3,(H2,23,24,28,29). The lowest BCUT2D eigenvalue weighted by molar-refractivity contribution is -0.119. The van der Waals surface area contributed by atoms with Gasteiger partial charge in [0.1, 0.15) is 11.0 Å². The number of amides is 1. The Kier molecular flexibility index (Phi) is 6.93. The van der Waals surface area contributed by atoms with E-state index in [0.717, 1.165) is 53.7 Å². The molecule has 0 aliphatic heterocycles. The molecule has 1 aromatic heterocycles. The van der Waals surface area contributed by atoms with Crippen molar-refractivity contribution in [1.82, 2.24) is 20.3 Å². The van der Waals surface area contributed by atoms with Crippen LogP contribution in [0.5, 0.6) is 0 Å². The molecular formula is C22H27N5OS. The maximum absolute atomic E-state index is 12.0. The van der Waals surface area contributed by atoms with E-state index in [4.69, 9.17) is 12.2 Å². The molecule has 1 heterocycles. The first-order chi connectivity index (χ1) is 14.0. The van der Waals surface area contributed by atoms with E-state index < -0.39 is 0 Å². The Morgan fingerprint density at radius 2 is 1.76 bits per heavy atom. The van der Waals surface area contributed by atoms with Gasteiger partial charge in [-0.1, -0.05) is 38.8 Å². The van der Waals surface area contributed by atoms with Gasteiger partial charge >= 0.3 is 0 Å². The van der Waals surface area contributed by atoms with Crippen molar-refractivity contribution in [2.24, 2.45) is 0 Å². The van der Waals surface area contributed by atoms with Gasteiger partial charge in [-0.15, -0.1) is 10.2 Å². The molecule has 0 aliphatic carbocycles. The summed E-state index contributed by atoms with van der Waals surface area (Å²) in [6, 6.07) is 12.1. The van der Waals surface area contributed by atoms with Gasteiger partial charge < -0.3 is 10.6 Å². The van der Waals surface area contributed by atoms with Crippen LogP contribution < -0.4 is 10.6 Å². The van der Waals surface area contributed by atoms with Crippen LogP contribution in [-0.4, -0.2) is 26.0 Å². The third kappa shape index (κ3) is 5.38. The second-order valence-electron chi connectivity index (χ2n) is 7.12. The summed E-state index contributed by atoms with van der Waals surface area (Å²) in [5.74, 6) is -0.0591. The fourth-order valence-electron chi connectivity index (χ4n) is 3.06. The number of hydrogen-bond donors (Lipinski definition) is 2. The van der Waals surface area contributed by atoms with E-state index >= 15 is 0 Å². The molecule has 0 saturated heterocycles. The predicted molar refractivity (Wildman–Crippen MR) is 121 cm³/mol. The molecule has 7 heteroatoms. The van der Waals surface area contributed by atoms with Crippen molar-refractivity contribution in [1.29, 1.82) is 0 Å². The molecule has 6 nitrogen and oxygen atoms in total. The van der Waals surface area contributed by atoms with Gasteiger partial charge in [-0.05, 0) is 67.4 Å². The average Bonchev–Trinajstić information content (AvgIpc) is 3.11. The molecule has 1 amide bonds. The number of rotatable bonds is 7. The number of nitrogens with zero attached hydrogens (tertiary/aromatic N) is 3. The van der Waals surface area contributed by atoms with Gasteiger partial charge in [0.2, 0.25) is 5.91 Å². The highest BCUT2D eigenvalue weighted by atomic mass is 32.1. The van der Waals surface area contributed by atoms with Crippen LogP contribution in [0.4, 0.5) is 5.69 Å². The summed E-state index contributed by atoms with van der Waals surface area (Å²) in [5.41, 5.74) is 5.55. The van der Waals surface area contributed by atoms with Crippen molar-refractivity contribution < 1.29 is 4.79 Å². The molecule has 0 unspecified atom stereocenters. The highest BCUT2D eigenvalue weighted by molar-refractivity contribution is 7.80. The number of nitrogens with one attached hydrogen (secondary N) is 2. The van der Waals surface area contributed by atoms with Crippen molar-refractivity contribution in [2.75, 3.05) is 5.32 Å². The molecule has 0 radical (unpaired) electrons. The molecule has 0 bridgehead atoms. The zero-order valence-electron chi connectivity index (χ0n) is 17.2. The third-order valence-corrected chi connectivity index (χ3v) is 5.01. The number of thiocarbonyl (C=S) groups is 1. The normalized spacial score (nSPS) is 10.9. The van der Waals surface area contributed by atoms with E-state index in [1.165, 1.54) is 5.56 Å². The number of aromatic nitrogens is 3. The van der Waals surface area contributed by atoms with Gasteiger partial charge in [0.05, 0.1) is 5.69 Å². The Bertz CT molecular complexity index is 1010. The van der Waals surface area contributed by atoms with Gasteiger partial charge in [0, 0.05) is 12.1 Å². The molecular weight excluding hydrogens is 382 g/mol. The summed E-state index contributed by atoms with van der Waals surface area (Å²) < 4.78 is 0. The Hall–Kier alpha value is -2.80. The summed E-state index contributed by atoms with van der Waals surface area (Å²) in [7, 11) is 0. The van der Waals surface area contributed by atoms with Crippen molar-refractivity contribution >= 4 is 40.0 Å². The molecule has 152 valence electrons. The summed E-state index contributed by atoms with van der Waals surface area (Å²) in [4.78, 5) is 13.6. The van der Waals surface area contributed by atoms with Crippen molar-refractivity contribution in [3.05, 3.63) is 47.5 Å². The minimum absolute atomic E-state index is 0.0591. The number of carbonyl (C=O) groups excluding carboxylic acids is 1. The van der Waals surface area contributed by atoms with E-state index in [1.807, 2.05) is 31.2 Å². The summed E-state index contributed by atoms with van der Waals surface area (Å²) >= 11 is 5.29. The summed E-state index contributed by atoms with van der Waals surface area (Å²) in [5, 5.41) is 15.3. The van der Waals surface area contributed by atoms with Crippen LogP contribution in [0.1, 0.15) is 50.7 Å². The van der Waals surface area contributed by atoms with Crippen LogP contribution in [0.3, 0.4) is 0 Å². The van der Waals surface area contributed by atoms with E-state index in [2.05, 4.69) is 46.8 Å². The molecule has 2 aromatic carbocycles. The van der Waals surface area contributed by atoms with Gasteiger partial charge in [-0.2, -0.15) is 4.80 Å². The number of anilines is 1. The second kappa shape index (κ2) is 9.60. The lowest BCUT2D eigenvalue weighted by Crippen LogP contribution is -2.34. The van der Waals surface area contributed by atoms with Crippen LogP contribution in [0, 0.1) is 6.92 Å². The third-order valence-electron chi connectivity index (χ3n) is 4.81. The number of fused-ring (bicyclic) bond motifs is 1. The Morgan fingerprint density at radius 1 is 1.07 bits per heavy atom. The minimum atomic E-state index is -0.0591. The minimum Gasteiger partial charge on any atom is -0.332 e. The van der Waals surface area contributed by atoms with E-state index in [1.54, 1.807) is 4.80 Å². The molecule has 3 aromatic rings. The first-order valence-electron chi connectivity index (χ1n) is 10.1. The van der Waals surface area contributed by atoms with Crippen LogP contribution in [0.15, 0.2) is 36.4 Å². The fraction of sp³-hybridized carbons (Fsp3) is 0.364. The molecule has 0 atom stereocenters. The SMILES string of the molecule is CCCCCC(=O)NC(=S)Nc1cc2nn(-c3ccc(CC)cc3)nc2cc1C. The summed E-state index contributed by atoms with van der Waals surface area (Å²) in [6.07, 6.45) is 4.48. The topological polar surface area (TPSA) is 71.8 Å². The van der Waals surface area contributed by atoms with Gasteiger partial charge in [-0.25, -0.2) is 0 Å². The van der Waals surface area contributed by atoms with Crippen molar-refractivity contribution in [3.8, 4) is 5.69 Å². The zero-order chi connectivity index (χ0) is 20.8. The van der Waals surface area contributed by atoms with Gasteiger partial charge in [-0.3, -0.25) is 4.79 Å². The van der Waals surface area contributed by atoms with E-state index in [0.29, 0.717) is 11.5 Å². The van der Waals surface area contributed by atoms with E-state index in [-0.39, 0.29) is 5.91 Å². The number of aryl methyl sites for hydroxylation is 2. The molecule has 2 N–H and O–H groups in total. The fourth-order valence-corrected chi connectivity index (χ4v) is 3.29. The first kappa shape index (κ1) is 20.9. The van der Waals surface area contributed by atoms with E-state index in [9.17, 15) is 4.79 Å². The maximum atomic E-state index is 12.0. The maximum Gasteiger partial charge on any atom is 0.226 e. The highest BCUT2D eigenvalue weighted by Crippen LogP contribution is 2.22. The Labute approximate surface area is 176 Å². The van der Waals surface area contributed by atoms with Crippen LogP contribution in [-0.2, 0) is 11.2 Å². The second-order valence-corrected chi connectivity index (χ2v) is 7.53. The van der Waals surface area contributed by atoms with Crippen LogP contribution >= 0.6 is 12.2 Å². The molecule has 0 fully saturated rings. The molecule has 0 saturated carbocycles. The summed E-state index contributed by atoms with van der Waals surface area (Å²) in [6.45, 7) is 6.22. The van der Waals surface area contributed by atoms with Gasteiger partial charge in [0.25, 0.3) is 0 Å². The first-order valence-corrected chi connectivity index (χ1v) is 10.5. The molecule has 0 spiro atoms. The highest BCUT2D eigenvalue weighted by Gasteiger charge is 2.11. The predicted octanol–water partition coefficient (Wildman–Crippen LogP) is 4.68. The monoisotopic (exact) mass is 409 g/mol. The smallest absolute Gasteiger partial charge is 0.226 e. The van der Waals surface area contributed by atoms with Crippen molar-refractivity contribution in [3.63, 3.8) is 0 Å². The number of unbranched alkanes of at least 4 members (excludes halogenated alkanes) is 2. The zero-order valence-corrected chi connectivity index (χ0v) is 18.0. The van der Waals surface area contributed by atoms with Crippen LogP contribution in [0.25, 0.3) is 16.7 Å². The number of hydrogen-bond acceptors (Lipinski definition) is 4. The Balaban J connectivity index is 1.73. The van der Waals surface area contributed by atoms with Crippen LogP contribution in [0.2, 0.25) is 0 Å². The molecule has 3 rings (SSSR count). The molecule has 0 aliphatic rings. The largest absolute Gasteiger partial charge is 0.332 e.